The number of carbonyl (C=O) groups excluding carboxylic acids is 1. The molecule has 2 N–H and O–H groups in total. The zero-order chi connectivity index (χ0) is 14.3. The highest BCUT2D eigenvalue weighted by atomic mass is 16.4. The van der Waals surface area contributed by atoms with Gasteiger partial charge in [0.1, 0.15) is 0 Å². The summed E-state index contributed by atoms with van der Waals surface area (Å²) < 4.78 is 0. The Morgan fingerprint density at radius 3 is 2.22 bits per heavy atom. The minimum atomic E-state index is -0.839. The highest BCUT2D eigenvalue weighted by molar-refractivity contribution is 5.77. The number of aliphatic carboxylic acids is 1. The first-order valence-corrected chi connectivity index (χ1v) is 6.65. The van der Waals surface area contributed by atoms with Crippen LogP contribution in [0, 0.1) is 17.3 Å². The van der Waals surface area contributed by atoms with E-state index in [0.29, 0.717) is 18.8 Å². The average Bonchev–Trinajstić information content (AvgIpc) is 2.22. The largest absolute Gasteiger partial charge is 0.481 e. The van der Waals surface area contributed by atoms with Crippen molar-refractivity contribution in [1.82, 2.24) is 5.32 Å². The first-order valence-electron chi connectivity index (χ1n) is 6.65. The summed E-state index contributed by atoms with van der Waals surface area (Å²) >= 11 is 0. The number of carbonyl (C=O) groups is 2. The van der Waals surface area contributed by atoms with Crippen molar-refractivity contribution in [3.05, 3.63) is 0 Å². The molecule has 0 aliphatic carbocycles. The highest BCUT2D eigenvalue weighted by Gasteiger charge is 2.25. The van der Waals surface area contributed by atoms with Gasteiger partial charge in [-0.1, -0.05) is 41.0 Å². The van der Waals surface area contributed by atoms with Gasteiger partial charge in [-0.15, -0.1) is 0 Å². The van der Waals surface area contributed by atoms with Crippen molar-refractivity contribution in [3.63, 3.8) is 0 Å². The second kappa shape index (κ2) is 7.39. The molecule has 0 bridgehead atoms. The number of hydrogen-bond donors (Lipinski definition) is 2. The third kappa shape index (κ3) is 8.09. The maximum Gasteiger partial charge on any atom is 0.308 e. The van der Waals surface area contributed by atoms with Crippen molar-refractivity contribution >= 4 is 11.9 Å². The third-order valence-corrected chi connectivity index (χ3v) is 2.98. The second-order valence-electron chi connectivity index (χ2n) is 6.32. The van der Waals surface area contributed by atoms with Crippen LogP contribution in [0.3, 0.4) is 0 Å². The molecule has 18 heavy (non-hydrogen) atoms. The first kappa shape index (κ1) is 16.9. The van der Waals surface area contributed by atoms with Crippen LogP contribution in [-0.2, 0) is 9.59 Å². The van der Waals surface area contributed by atoms with Crippen molar-refractivity contribution < 1.29 is 14.7 Å². The lowest BCUT2D eigenvalue weighted by atomic mass is 9.84. The van der Waals surface area contributed by atoms with E-state index in [1.165, 1.54) is 0 Å². The normalized spacial score (nSPS) is 14.9. The molecule has 0 aromatic rings. The zero-order valence-corrected chi connectivity index (χ0v) is 12.2. The molecule has 0 aromatic carbocycles. The summed E-state index contributed by atoms with van der Waals surface area (Å²) in [5.74, 6) is -1.06. The first-order chi connectivity index (χ1) is 8.15. The molecule has 0 aliphatic rings. The Morgan fingerprint density at radius 2 is 1.83 bits per heavy atom. The van der Waals surface area contributed by atoms with E-state index in [1.54, 1.807) is 0 Å². The molecule has 1 amide bonds. The molecule has 106 valence electrons. The Labute approximate surface area is 110 Å². The number of amides is 1. The quantitative estimate of drug-likeness (QED) is 0.737. The number of hydrogen-bond acceptors (Lipinski definition) is 2. The van der Waals surface area contributed by atoms with Gasteiger partial charge in [0.25, 0.3) is 0 Å². The zero-order valence-electron chi connectivity index (χ0n) is 12.2. The molecule has 0 rings (SSSR count). The number of rotatable bonds is 7. The molecule has 0 saturated carbocycles. The Morgan fingerprint density at radius 1 is 1.28 bits per heavy atom. The molecule has 0 spiro atoms. The number of nitrogens with one attached hydrogen (secondary N) is 1. The van der Waals surface area contributed by atoms with E-state index in [0.717, 1.165) is 6.42 Å². The van der Waals surface area contributed by atoms with Gasteiger partial charge in [-0.05, 0) is 17.8 Å². The van der Waals surface area contributed by atoms with Crippen LogP contribution in [0.1, 0.15) is 53.9 Å². The molecule has 0 heterocycles. The van der Waals surface area contributed by atoms with Gasteiger partial charge in [-0.2, -0.15) is 0 Å². The van der Waals surface area contributed by atoms with Crippen molar-refractivity contribution in [2.24, 2.45) is 17.3 Å². The van der Waals surface area contributed by atoms with Gasteiger partial charge in [0.15, 0.2) is 0 Å². The van der Waals surface area contributed by atoms with Gasteiger partial charge in [-0.25, -0.2) is 0 Å². The molecule has 0 radical (unpaired) electrons. The van der Waals surface area contributed by atoms with Crippen LogP contribution in [0.5, 0.6) is 0 Å². The van der Waals surface area contributed by atoms with Crippen LogP contribution >= 0.6 is 0 Å². The lowest BCUT2D eigenvalue weighted by molar-refractivity contribution is -0.142. The molecule has 2 atom stereocenters. The van der Waals surface area contributed by atoms with Gasteiger partial charge >= 0.3 is 5.97 Å². The molecule has 0 aromatic heterocycles. The van der Waals surface area contributed by atoms with Gasteiger partial charge in [0.2, 0.25) is 5.91 Å². The van der Waals surface area contributed by atoms with Crippen molar-refractivity contribution in [2.45, 2.75) is 53.9 Å². The van der Waals surface area contributed by atoms with Crippen LogP contribution in [-0.4, -0.2) is 23.5 Å². The minimum absolute atomic E-state index is 0.0511. The van der Waals surface area contributed by atoms with Crippen LogP contribution in [0.25, 0.3) is 0 Å². The molecule has 0 aliphatic heterocycles. The summed E-state index contributed by atoms with van der Waals surface area (Å²) in [6.07, 6.45) is 1.99. The van der Waals surface area contributed by atoms with E-state index >= 15 is 0 Å². The van der Waals surface area contributed by atoms with Crippen LogP contribution < -0.4 is 5.32 Å². The van der Waals surface area contributed by atoms with Gasteiger partial charge in [-0.3, -0.25) is 9.59 Å². The smallest absolute Gasteiger partial charge is 0.308 e. The Balaban J connectivity index is 4.20. The topological polar surface area (TPSA) is 66.4 Å². The average molecular weight is 257 g/mol. The van der Waals surface area contributed by atoms with E-state index < -0.39 is 11.9 Å². The Kier molecular flexibility index (Phi) is 6.96. The summed E-state index contributed by atoms with van der Waals surface area (Å²) in [7, 11) is 0. The maximum atomic E-state index is 11.6. The minimum Gasteiger partial charge on any atom is -0.481 e. The molecule has 0 saturated heterocycles. The fourth-order valence-corrected chi connectivity index (χ4v) is 1.76. The molecular formula is C14H27NO3. The molecule has 2 unspecified atom stereocenters. The molecule has 0 fully saturated rings. The maximum absolute atomic E-state index is 11.6. The third-order valence-electron chi connectivity index (χ3n) is 2.98. The lowest BCUT2D eigenvalue weighted by Crippen LogP contribution is -2.35. The number of carboxylic acid groups (broad SMARTS) is 1. The predicted octanol–water partition coefficient (Wildman–Crippen LogP) is 2.68. The highest BCUT2D eigenvalue weighted by Crippen LogP contribution is 2.24. The van der Waals surface area contributed by atoms with E-state index in [2.05, 4.69) is 5.32 Å². The second-order valence-corrected chi connectivity index (χ2v) is 6.32. The number of carboxylic acids is 1. The van der Waals surface area contributed by atoms with Crippen LogP contribution in [0.2, 0.25) is 0 Å². The predicted molar refractivity (Wildman–Crippen MR) is 72.3 cm³/mol. The Bertz CT molecular complexity index is 281. The fraction of sp³-hybridized carbons (Fsp3) is 0.857. The van der Waals surface area contributed by atoms with Crippen LogP contribution in [0.15, 0.2) is 0 Å². The summed E-state index contributed by atoms with van der Waals surface area (Å²) in [5.41, 5.74) is -0.0511. The van der Waals surface area contributed by atoms with Crippen molar-refractivity contribution in [3.8, 4) is 0 Å². The van der Waals surface area contributed by atoms with E-state index in [1.807, 2.05) is 34.6 Å². The van der Waals surface area contributed by atoms with E-state index in [4.69, 9.17) is 5.11 Å². The summed E-state index contributed by atoms with van der Waals surface area (Å²) in [4.78, 5) is 22.7. The van der Waals surface area contributed by atoms with Gasteiger partial charge < -0.3 is 10.4 Å². The van der Waals surface area contributed by atoms with E-state index in [9.17, 15) is 9.59 Å². The Hall–Kier alpha value is -1.06. The fourth-order valence-electron chi connectivity index (χ4n) is 1.76. The SMILES string of the molecule is CCC(C)CC(=O)NCC(CC(C)(C)C)C(=O)O. The summed E-state index contributed by atoms with van der Waals surface area (Å²) in [5, 5.41) is 11.9. The molecule has 4 nitrogen and oxygen atoms in total. The summed E-state index contributed by atoms with van der Waals surface area (Å²) in [6.45, 7) is 10.3. The van der Waals surface area contributed by atoms with E-state index in [-0.39, 0.29) is 17.9 Å². The van der Waals surface area contributed by atoms with Crippen LogP contribution in [0.4, 0.5) is 0 Å². The molecule has 4 heteroatoms. The van der Waals surface area contributed by atoms with Gasteiger partial charge in [0, 0.05) is 13.0 Å². The molecular weight excluding hydrogens is 230 g/mol. The lowest BCUT2D eigenvalue weighted by Gasteiger charge is -2.23. The monoisotopic (exact) mass is 257 g/mol. The van der Waals surface area contributed by atoms with Crippen molar-refractivity contribution in [2.75, 3.05) is 6.54 Å². The van der Waals surface area contributed by atoms with Crippen molar-refractivity contribution in [1.29, 1.82) is 0 Å². The summed E-state index contributed by atoms with van der Waals surface area (Å²) in [6, 6.07) is 0. The standard InChI is InChI=1S/C14H27NO3/c1-6-10(2)7-12(16)15-9-11(13(17)18)8-14(3,4)5/h10-11H,6-9H2,1-5H3,(H,15,16)(H,17,18). The van der Waals surface area contributed by atoms with Gasteiger partial charge in [0.05, 0.1) is 5.92 Å².